The molecule has 0 saturated carbocycles. The summed E-state index contributed by atoms with van der Waals surface area (Å²) >= 11 is 1.03. The summed E-state index contributed by atoms with van der Waals surface area (Å²) in [7, 11) is 0. The molecule has 0 bridgehead atoms. The predicted octanol–water partition coefficient (Wildman–Crippen LogP) is 3.59. The first kappa shape index (κ1) is 19.2. The van der Waals surface area contributed by atoms with Crippen molar-refractivity contribution in [1.29, 1.82) is 0 Å². The van der Waals surface area contributed by atoms with Gasteiger partial charge in [-0.2, -0.15) is 0 Å². The van der Waals surface area contributed by atoms with E-state index in [1.54, 1.807) is 0 Å². The molecule has 0 N–H and O–H groups in total. The Balaban J connectivity index is 1.52. The minimum absolute atomic E-state index is 0.514. The van der Waals surface area contributed by atoms with Crippen LogP contribution in [0.4, 0.5) is 0 Å². The van der Waals surface area contributed by atoms with E-state index in [1.165, 1.54) is 11.1 Å². The van der Waals surface area contributed by atoms with Crippen LogP contribution in [0.5, 0.6) is 0 Å². The van der Waals surface area contributed by atoms with Crippen molar-refractivity contribution < 1.29 is 0 Å². The Labute approximate surface area is 176 Å². The van der Waals surface area contributed by atoms with Crippen LogP contribution >= 0.6 is 0 Å². The molecule has 2 aromatic heterocycles. The van der Waals surface area contributed by atoms with Crippen molar-refractivity contribution >= 4 is 26.3 Å². The van der Waals surface area contributed by atoms with Crippen molar-refractivity contribution in [2.24, 2.45) is 0 Å². The van der Waals surface area contributed by atoms with Gasteiger partial charge < -0.3 is 0 Å². The van der Waals surface area contributed by atoms with Crippen molar-refractivity contribution in [1.82, 2.24) is 19.1 Å². The van der Waals surface area contributed by atoms with E-state index in [0.717, 1.165) is 13.1 Å². The molecule has 2 atom stereocenters. The predicted molar refractivity (Wildman–Crippen MR) is 114 cm³/mol. The molecule has 6 heteroatoms. The number of aromatic nitrogens is 4. The van der Waals surface area contributed by atoms with Crippen molar-refractivity contribution in [2.75, 3.05) is 0 Å². The Morgan fingerprint density at radius 2 is 1.07 bits per heavy atom. The second kappa shape index (κ2) is 9.90. The second-order valence-corrected chi connectivity index (χ2v) is 13.9. The van der Waals surface area contributed by atoms with E-state index in [-0.39, 0.29) is 0 Å². The minimum atomic E-state index is 0.514. The number of hydrogen-bond donors (Lipinski definition) is 0. The Bertz CT molecular complexity index is 846. The van der Waals surface area contributed by atoms with Gasteiger partial charge in [0, 0.05) is 0 Å². The average molecular weight is 500 g/mol. The maximum atomic E-state index is 4.23. The van der Waals surface area contributed by atoms with E-state index in [0.29, 0.717) is 35.9 Å². The van der Waals surface area contributed by atoms with Crippen molar-refractivity contribution in [3.05, 3.63) is 109 Å². The molecule has 0 aliphatic carbocycles. The summed E-state index contributed by atoms with van der Waals surface area (Å²) in [5.41, 5.74) is 2.88. The van der Waals surface area contributed by atoms with Gasteiger partial charge >= 0.3 is 177 Å². The fraction of sp³-hybridized carbons (Fsp3) is 0.182. The number of rotatable bonds is 9. The molecule has 0 saturated heterocycles. The summed E-state index contributed by atoms with van der Waals surface area (Å²) < 4.78 is 4.42. The first-order valence-electron chi connectivity index (χ1n) is 9.22. The van der Waals surface area contributed by atoms with E-state index in [4.69, 9.17) is 0 Å². The second-order valence-electron chi connectivity index (χ2n) is 6.51. The number of hydrogen-bond acceptors (Lipinski definition) is 2. The molecule has 0 aliphatic heterocycles. The SMILES string of the molecule is c1ccc(C(Cn2ccnc2)[Se][Se]C(Cn2ccnc2)c2ccccc2)cc1. The molecule has 4 aromatic rings. The van der Waals surface area contributed by atoms with Gasteiger partial charge in [0.05, 0.1) is 0 Å². The molecule has 4 nitrogen and oxygen atoms in total. The first-order valence-corrected chi connectivity index (χ1v) is 15.5. The Kier molecular flexibility index (Phi) is 6.80. The monoisotopic (exact) mass is 502 g/mol. The molecule has 0 aliphatic rings. The van der Waals surface area contributed by atoms with Crippen molar-refractivity contribution in [3.8, 4) is 0 Å². The Morgan fingerprint density at radius 1 is 0.643 bits per heavy atom. The van der Waals surface area contributed by atoms with Crippen LogP contribution in [-0.4, -0.2) is 45.4 Å². The summed E-state index contributed by atoms with van der Waals surface area (Å²) in [5, 5.41) is 0. The third-order valence-corrected chi connectivity index (χ3v) is 13.8. The molecule has 0 spiro atoms. The summed E-state index contributed by atoms with van der Waals surface area (Å²) in [6.07, 6.45) is 11.7. The Hall–Kier alpha value is -2.10. The zero-order valence-electron chi connectivity index (χ0n) is 15.4. The third-order valence-electron chi connectivity index (χ3n) is 4.50. The van der Waals surface area contributed by atoms with Gasteiger partial charge in [0.1, 0.15) is 0 Å². The number of nitrogens with zero attached hydrogens (tertiary/aromatic N) is 4. The first-order chi connectivity index (χ1) is 13.9. The molecule has 0 amide bonds. The van der Waals surface area contributed by atoms with Crippen LogP contribution in [0.15, 0.2) is 98.1 Å². The van der Waals surface area contributed by atoms with Gasteiger partial charge in [-0.3, -0.25) is 0 Å². The topological polar surface area (TPSA) is 35.6 Å². The van der Waals surface area contributed by atoms with Gasteiger partial charge in [-0.1, -0.05) is 0 Å². The quantitative estimate of drug-likeness (QED) is 0.330. The van der Waals surface area contributed by atoms with E-state index >= 15 is 0 Å². The molecule has 142 valence electrons. The van der Waals surface area contributed by atoms with E-state index in [9.17, 15) is 0 Å². The van der Waals surface area contributed by atoms with Gasteiger partial charge in [-0.15, -0.1) is 0 Å². The molecular formula is C22H22N4Se2. The van der Waals surface area contributed by atoms with Crippen LogP contribution in [-0.2, 0) is 13.1 Å². The third kappa shape index (κ3) is 5.24. The van der Waals surface area contributed by atoms with Crippen LogP contribution in [0.1, 0.15) is 20.8 Å². The summed E-state index contributed by atoms with van der Waals surface area (Å²) in [4.78, 5) is 9.56. The van der Waals surface area contributed by atoms with Crippen LogP contribution in [0.25, 0.3) is 0 Å². The average Bonchev–Trinajstić information content (AvgIpc) is 3.45. The summed E-state index contributed by atoms with van der Waals surface area (Å²) in [6, 6.07) is 21.9. The van der Waals surface area contributed by atoms with Crippen LogP contribution in [0, 0.1) is 0 Å². The molecule has 0 fully saturated rings. The zero-order chi connectivity index (χ0) is 19.0. The summed E-state index contributed by atoms with van der Waals surface area (Å²) in [6.45, 7) is 2.00. The van der Waals surface area contributed by atoms with Crippen molar-refractivity contribution in [2.45, 2.75) is 22.7 Å². The normalized spacial score (nSPS) is 13.3. The molecule has 4 rings (SSSR count). The summed E-state index contributed by atoms with van der Waals surface area (Å²) in [5.74, 6) is 0. The fourth-order valence-electron chi connectivity index (χ4n) is 3.02. The Morgan fingerprint density at radius 3 is 1.43 bits per heavy atom. The van der Waals surface area contributed by atoms with E-state index < -0.39 is 0 Å². The number of imidazole rings is 2. The molecule has 2 unspecified atom stereocenters. The van der Waals surface area contributed by atoms with Crippen LogP contribution < -0.4 is 0 Å². The van der Waals surface area contributed by atoms with E-state index in [1.807, 2.05) is 25.0 Å². The molecule has 28 heavy (non-hydrogen) atoms. The molecule has 0 radical (unpaired) electrons. The van der Waals surface area contributed by atoms with Gasteiger partial charge in [0.25, 0.3) is 0 Å². The fourth-order valence-corrected chi connectivity index (χ4v) is 12.4. The number of benzene rings is 2. The van der Waals surface area contributed by atoms with Gasteiger partial charge in [-0.05, 0) is 0 Å². The maximum absolute atomic E-state index is 4.23. The molecule has 2 aromatic carbocycles. The standard InChI is InChI=1S/C22H22N4Se2/c1-3-7-19(8-4-1)21(15-25-13-11-23-17-25)27-28-22(16-26-14-12-24-18-26)20-9-5-2-6-10-20/h1-14,17-18,21-22H,15-16H2. The van der Waals surface area contributed by atoms with Gasteiger partial charge in [0.15, 0.2) is 0 Å². The van der Waals surface area contributed by atoms with Crippen molar-refractivity contribution in [3.63, 3.8) is 0 Å². The van der Waals surface area contributed by atoms with Crippen LogP contribution in [0.3, 0.4) is 0 Å². The van der Waals surface area contributed by atoms with Gasteiger partial charge in [-0.25, -0.2) is 0 Å². The van der Waals surface area contributed by atoms with E-state index in [2.05, 4.69) is 92.2 Å². The molecule has 2 heterocycles. The zero-order valence-corrected chi connectivity index (χ0v) is 18.8. The van der Waals surface area contributed by atoms with Gasteiger partial charge in [0.2, 0.25) is 0 Å². The molecular weight excluding hydrogens is 478 g/mol. The van der Waals surface area contributed by atoms with Crippen LogP contribution in [0.2, 0.25) is 0 Å².